The number of carbonyl (C=O) groups excluding carboxylic acids is 2. The highest BCUT2D eigenvalue weighted by Crippen LogP contribution is 2.38. The number of halogens is 3. The van der Waals surface area contributed by atoms with Crippen molar-refractivity contribution in [2.75, 3.05) is 47.4 Å². The van der Waals surface area contributed by atoms with Crippen molar-refractivity contribution >= 4 is 57.1 Å². The van der Waals surface area contributed by atoms with E-state index in [1.165, 1.54) is 41.9 Å². The molecule has 5 N–H and O–H groups in total. The number of likely N-dealkylation sites (N-methyl/N-ethyl adjacent to an activating group) is 2. The number of methoxy groups -OCH3 is 1. The SMILES string of the molecule is COc1cc(OCC(=O)N(C)CCN(C)C2CCC(OC(=O)C(O)(c3cccs3)c3cccs3)CC2)c(Cl)cc1CNC[C@H](O)c1ccc(O)c2[nH]c(=O)ccc12.F.F. The molecular formula is C41H49ClF2N4O9S2. The molecule has 0 bridgehead atoms. The summed E-state index contributed by atoms with van der Waals surface area (Å²) in [6.07, 6.45) is 1.76. The van der Waals surface area contributed by atoms with E-state index in [2.05, 4.69) is 15.2 Å². The molecule has 0 unspecified atom stereocenters. The number of esters is 1. The summed E-state index contributed by atoms with van der Waals surface area (Å²) in [5.41, 5.74) is -0.671. The number of pyridine rings is 1. The Bertz CT molecular complexity index is 2170. The molecule has 1 aliphatic rings. The fourth-order valence-electron chi connectivity index (χ4n) is 7.01. The lowest BCUT2D eigenvalue weighted by Crippen LogP contribution is -2.44. The predicted octanol–water partition coefficient (Wildman–Crippen LogP) is 5.71. The summed E-state index contributed by atoms with van der Waals surface area (Å²) in [7, 11) is 5.27. The van der Waals surface area contributed by atoms with Gasteiger partial charge in [-0.2, -0.15) is 0 Å². The zero-order valence-electron chi connectivity index (χ0n) is 32.7. The van der Waals surface area contributed by atoms with Gasteiger partial charge in [-0.25, -0.2) is 4.79 Å². The molecule has 0 spiro atoms. The van der Waals surface area contributed by atoms with Crippen LogP contribution in [0.1, 0.15) is 52.7 Å². The number of aliphatic hydroxyl groups is 2. The number of aromatic nitrogens is 1. The van der Waals surface area contributed by atoms with Crippen LogP contribution < -0.4 is 20.3 Å². The number of rotatable bonds is 17. The van der Waals surface area contributed by atoms with Crippen LogP contribution in [0.25, 0.3) is 10.9 Å². The highest BCUT2D eigenvalue weighted by atomic mass is 35.5. The minimum absolute atomic E-state index is 0. The van der Waals surface area contributed by atoms with Gasteiger partial charge in [0.1, 0.15) is 23.4 Å². The Morgan fingerprint density at radius 3 is 2.29 bits per heavy atom. The zero-order valence-corrected chi connectivity index (χ0v) is 35.1. The van der Waals surface area contributed by atoms with Crippen molar-refractivity contribution < 1.29 is 48.5 Å². The summed E-state index contributed by atoms with van der Waals surface area (Å²) in [6, 6.07) is 16.6. The maximum absolute atomic E-state index is 13.4. The molecule has 1 atom stereocenters. The maximum atomic E-state index is 13.4. The number of thiophene rings is 2. The molecular weight excluding hydrogens is 830 g/mol. The largest absolute Gasteiger partial charge is 0.506 e. The average molecular weight is 879 g/mol. The Balaban J connectivity index is 0.00000384. The lowest BCUT2D eigenvalue weighted by molar-refractivity contribution is -0.169. The summed E-state index contributed by atoms with van der Waals surface area (Å²) in [6.45, 7) is 1.35. The Labute approximate surface area is 352 Å². The van der Waals surface area contributed by atoms with E-state index in [0.29, 0.717) is 75.3 Å². The van der Waals surface area contributed by atoms with Gasteiger partial charge in [0.15, 0.2) is 6.61 Å². The molecule has 0 saturated heterocycles. The number of fused-ring (bicyclic) bond motifs is 1. The van der Waals surface area contributed by atoms with Crippen LogP contribution in [0, 0.1) is 0 Å². The first-order chi connectivity index (χ1) is 27.4. The zero-order chi connectivity index (χ0) is 40.7. The lowest BCUT2D eigenvalue weighted by Gasteiger charge is -2.36. The predicted molar refractivity (Wildman–Crippen MR) is 225 cm³/mol. The highest BCUT2D eigenvalue weighted by Gasteiger charge is 2.45. The molecule has 5 aromatic rings. The van der Waals surface area contributed by atoms with E-state index in [-0.39, 0.29) is 57.4 Å². The first-order valence-corrected chi connectivity index (χ1v) is 20.7. The van der Waals surface area contributed by atoms with Crippen LogP contribution in [0.2, 0.25) is 5.02 Å². The van der Waals surface area contributed by atoms with Gasteiger partial charge in [-0.15, -0.1) is 22.7 Å². The third kappa shape index (κ3) is 11.0. The molecule has 13 nitrogen and oxygen atoms in total. The second kappa shape index (κ2) is 21.1. The third-order valence-electron chi connectivity index (χ3n) is 10.4. The number of aliphatic hydroxyl groups excluding tert-OH is 1. The minimum Gasteiger partial charge on any atom is -0.506 e. The Morgan fingerprint density at radius 2 is 1.66 bits per heavy atom. The molecule has 59 heavy (non-hydrogen) atoms. The van der Waals surface area contributed by atoms with E-state index in [4.69, 9.17) is 25.8 Å². The van der Waals surface area contributed by atoms with E-state index in [1.54, 1.807) is 48.3 Å². The minimum atomic E-state index is -1.82. The number of aromatic hydroxyl groups is 1. The molecule has 320 valence electrons. The number of benzene rings is 2. The van der Waals surface area contributed by atoms with Gasteiger partial charge in [0.2, 0.25) is 11.2 Å². The number of amides is 1. The van der Waals surface area contributed by atoms with Crippen LogP contribution in [0.15, 0.2) is 76.2 Å². The summed E-state index contributed by atoms with van der Waals surface area (Å²) in [4.78, 5) is 45.7. The van der Waals surface area contributed by atoms with Gasteiger partial charge in [0.05, 0.1) is 33.5 Å². The molecule has 0 aliphatic heterocycles. The smallest absolute Gasteiger partial charge is 0.349 e. The molecule has 2 aromatic carbocycles. The Morgan fingerprint density at radius 1 is 0.983 bits per heavy atom. The number of aromatic amines is 1. The first kappa shape index (κ1) is 47.1. The van der Waals surface area contributed by atoms with E-state index in [1.807, 2.05) is 29.9 Å². The molecule has 3 heterocycles. The second-order valence-corrected chi connectivity index (χ2v) is 16.4. The normalized spacial score (nSPS) is 15.8. The van der Waals surface area contributed by atoms with Gasteiger partial charge in [-0.3, -0.25) is 19.0 Å². The second-order valence-electron chi connectivity index (χ2n) is 14.1. The number of H-pyrrole nitrogens is 1. The van der Waals surface area contributed by atoms with Gasteiger partial charge in [-0.05, 0) is 79.4 Å². The van der Waals surface area contributed by atoms with Gasteiger partial charge >= 0.3 is 5.97 Å². The standard InChI is InChI=1S/C41H47ClN4O9S2.2FH/c1-45(26-8-10-27(11-9-26)55-40(51)41(52,35-6-4-18-56-35)36-7-5-19-57-36)16-17-46(2)38(50)24-54-34-21-33(53-3)25(20-30(34)42)22-43-23-32(48)28-12-14-31(47)39-29(28)13-15-37(49)44-39;;/h4-7,12-15,18-21,26-27,32,43,47-48,52H,8-11,16-17,22-24H2,1-3H3,(H,44,49);2*1H/t26?,27?,32-;;/m0../s1. The summed E-state index contributed by atoms with van der Waals surface area (Å²) < 4.78 is 17.3. The van der Waals surface area contributed by atoms with Gasteiger partial charge in [0, 0.05) is 62.4 Å². The Kier molecular flexibility index (Phi) is 16.8. The maximum Gasteiger partial charge on any atom is 0.349 e. The van der Waals surface area contributed by atoms with Crippen molar-refractivity contribution in [1.82, 2.24) is 20.1 Å². The van der Waals surface area contributed by atoms with Crippen molar-refractivity contribution in [2.24, 2.45) is 0 Å². The van der Waals surface area contributed by atoms with E-state index in [0.717, 1.165) is 12.8 Å². The van der Waals surface area contributed by atoms with E-state index >= 15 is 0 Å². The number of phenols is 1. The molecule has 1 fully saturated rings. The van der Waals surface area contributed by atoms with Crippen LogP contribution in [0.3, 0.4) is 0 Å². The molecule has 3 aromatic heterocycles. The number of nitrogens with one attached hydrogen (secondary N) is 2. The van der Waals surface area contributed by atoms with E-state index < -0.39 is 17.7 Å². The molecule has 18 heteroatoms. The summed E-state index contributed by atoms with van der Waals surface area (Å²) in [5, 5.41) is 40.3. The number of hydrogen-bond donors (Lipinski definition) is 5. The fraction of sp³-hybridized carbons (Fsp3) is 0.390. The Hall–Kier alpha value is -4.62. The van der Waals surface area contributed by atoms with Crippen LogP contribution in [-0.4, -0.2) is 102 Å². The monoisotopic (exact) mass is 878 g/mol. The number of carbonyl (C=O) groups is 2. The van der Waals surface area contributed by atoms with Crippen molar-refractivity contribution in [1.29, 1.82) is 0 Å². The molecule has 0 radical (unpaired) electrons. The highest BCUT2D eigenvalue weighted by molar-refractivity contribution is 7.12. The fourth-order valence-corrected chi connectivity index (χ4v) is 8.97. The van der Waals surface area contributed by atoms with Crippen LogP contribution in [0.5, 0.6) is 17.2 Å². The number of phenolic OH excluding ortho intramolecular Hbond substituents is 1. The van der Waals surface area contributed by atoms with E-state index in [9.17, 15) is 29.7 Å². The first-order valence-electron chi connectivity index (χ1n) is 18.6. The van der Waals surface area contributed by atoms with Crippen LogP contribution in [0.4, 0.5) is 9.41 Å². The van der Waals surface area contributed by atoms with Crippen LogP contribution >= 0.6 is 34.3 Å². The van der Waals surface area contributed by atoms with Gasteiger partial charge in [-0.1, -0.05) is 29.8 Å². The van der Waals surface area contributed by atoms with Crippen molar-refractivity contribution in [2.45, 2.75) is 56.1 Å². The molecule has 1 amide bonds. The summed E-state index contributed by atoms with van der Waals surface area (Å²) >= 11 is 9.21. The molecule has 1 saturated carbocycles. The third-order valence-corrected chi connectivity index (χ3v) is 12.7. The van der Waals surface area contributed by atoms with Gasteiger partial charge < -0.3 is 49.6 Å². The summed E-state index contributed by atoms with van der Waals surface area (Å²) in [5.74, 6) is -0.171. The molecule has 6 rings (SSSR count). The van der Waals surface area contributed by atoms with Gasteiger partial charge in [0.25, 0.3) is 5.91 Å². The number of ether oxygens (including phenoxy) is 3. The quantitative estimate of drug-likeness (QED) is 0.0725. The van der Waals surface area contributed by atoms with Crippen molar-refractivity contribution in [3.63, 3.8) is 0 Å². The number of nitrogens with zero attached hydrogens (tertiary/aromatic N) is 2. The molecule has 1 aliphatic carbocycles. The lowest BCUT2D eigenvalue weighted by atomic mass is 9.91. The van der Waals surface area contributed by atoms with Crippen LogP contribution in [-0.2, 0) is 26.5 Å². The van der Waals surface area contributed by atoms with Crippen molar-refractivity contribution in [3.05, 3.63) is 108 Å². The topological polar surface area (TPSA) is 174 Å². The number of hydrogen-bond acceptors (Lipinski definition) is 13. The van der Waals surface area contributed by atoms with Crippen molar-refractivity contribution in [3.8, 4) is 17.2 Å². The average Bonchev–Trinajstić information content (AvgIpc) is 3.96.